The van der Waals surface area contributed by atoms with Crippen LogP contribution in [-0.2, 0) is 0 Å². The van der Waals surface area contributed by atoms with Crippen LogP contribution < -0.4 is 15.2 Å². The van der Waals surface area contributed by atoms with Gasteiger partial charge in [-0.3, -0.25) is 0 Å². The Kier molecular flexibility index (Phi) is 2.11. The normalized spacial score (nSPS) is 20.6. The molecular formula is C11H15NO2. The van der Waals surface area contributed by atoms with E-state index in [2.05, 4.69) is 0 Å². The Hall–Kier alpha value is -1.22. The summed E-state index contributed by atoms with van der Waals surface area (Å²) < 4.78 is 11.3. The minimum absolute atomic E-state index is 0.0857. The van der Waals surface area contributed by atoms with Gasteiger partial charge in [0.15, 0.2) is 17.6 Å². The van der Waals surface area contributed by atoms with Crippen LogP contribution in [0.15, 0.2) is 24.3 Å². The van der Waals surface area contributed by atoms with Crippen molar-refractivity contribution in [3.63, 3.8) is 0 Å². The van der Waals surface area contributed by atoms with Crippen molar-refractivity contribution in [3.05, 3.63) is 24.3 Å². The Labute approximate surface area is 83.8 Å². The van der Waals surface area contributed by atoms with Crippen molar-refractivity contribution < 1.29 is 9.47 Å². The molecule has 1 aliphatic rings. The third kappa shape index (κ3) is 1.68. The van der Waals surface area contributed by atoms with Crippen molar-refractivity contribution in [3.8, 4) is 11.5 Å². The van der Waals surface area contributed by atoms with Gasteiger partial charge in [0.25, 0.3) is 0 Å². The fraction of sp³-hybridized carbons (Fsp3) is 0.455. The summed E-state index contributed by atoms with van der Waals surface area (Å²) in [6.07, 6.45) is -0.0857. The van der Waals surface area contributed by atoms with E-state index >= 15 is 0 Å². The molecule has 0 bridgehead atoms. The lowest BCUT2D eigenvalue weighted by molar-refractivity contribution is 0.0455. The highest BCUT2D eigenvalue weighted by Gasteiger charge is 2.31. The first-order valence-electron chi connectivity index (χ1n) is 4.75. The Morgan fingerprint density at radius 2 is 1.93 bits per heavy atom. The van der Waals surface area contributed by atoms with Gasteiger partial charge in [-0.2, -0.15) is 0 Å². The lowest BCUT2D eigenvalue weighted by atomic mass is 9.99. The lowest BCUT2D eigenvalue weighted by Gasteiger charge is -2.34. The van der Waals surface area contributed by atoms with Crippen LogP contribution in [0.1, 0.15) is 13.8 Å². The molecule has 14 heavy (non-hydrogen) atoms. The number of nitrogens with two attached hydrogens (primary N) is 1. The summed E-state index contributed by atoms with van der Waals surface area (Å²) in [7, 11) is 0. The summed E-state index contributed by atoms with van der Waals surface area (Å²) >= 11 is 0. The van der Waals surface area contributed by atoms with Gasteiger partial charge in [-0.25, -0.2) is 0 Å². The second-order valence-corrected chi connectivity index (χ2v) is 4.19. The maximum absolute atomic E-state index is 5.96. The maximum atomic E-state index is 5.96. The van der Waals surface area contributed by atoms with Crippen LogP contribution in [0.25, 0.3) is 0 Å². The molecule has 0 saturated heterocycles. The molecule has 0 radical (unpaired) electrons. The molecule has 0 spiro atoms. The van der Waals surface area contributed by atoms with E-state index in [9.17, 15) is 0 Å². The topological polar surface area (TPSA) is 44.5 Å². The van der Waals surface area contributed by atoms with Gasteiger partial charge in [-0.1, -0.05) is 12.1 Å². The first-order chi connectivity index (χ1) is 6.57. The Morgan fingerprint density at radius 3 is 2.57 bits per heavy atom. The predicted octanol–water partition coefficient (Wildman–Crippen LogP) is 1.56. The molecule has 0 fully saturated rings. The largest absolute Gasteiger partial charge is 0.486 e. The summed E-state index contributed by atoms with van der Waals surface area (Å²) in [5.74, 6) is 1.58. The molecule has 0 aliphatic carbocycles. The second-order valence-electron chi connectivity index (χ2n) is 4.19. The van der Waals surface area contributed by atoms with Gasteiger partial charge in [-0.05, 0) is 26.0 Å². The van der Waals surface area contributed by atoms with Crippen LogP contribution in [0.2, 0.25) is 0 Å². The van der Waals surface area contributed by atoms with Gasteiger partial charge < -0.3 is 15.2 Å². The molecule has 3 nitrogen and oxygen atoms in total. The molecule has 0 aromatic heterocycles. The number of hydrogen-bond donors (Lipinski definition) is 1. The van der Waals surface area contributed by atoms with E-state index < -0.39 is 0 Å². The van der Waals surface area contributed by atoms with Crippen molar-refractivity contribution in [2.24, 2.45) is 5.73 Å². The van der Waals surface area contributed by atoms with Crippen molar-refractivity contribution in [1.29, 1.82) is 0 Å². The summed E-state index contributed by atoms with van der Waals surface area (Å²) in [6, 6.07) is 7.65. The van der Waals surface area contributed by atoms with E-state index in [0.717, 1.165) is 11.5 Å². The fourth-order valence-corrected chi connectivity index (χ4v) is 1.39. The highest BCUT2D eigenvalue weighted by Crippen LogP contribution is 2.32. The van der Waals surface area contributed by atoms with Gasteiger partial charge in [0.2, 0.25) is 0 Å². The molecule has 1 aliphatic heterocycles. The van der Waals surface area contributed by atoms with Crippen LogP contribution in [0.5, 0.6) is 11.5 Å². The zero-order chi connectivity index (χ0) is 10.2. The average Bonchev–Trinajstić information content (AvgIpc) is 2.16. The van der Waals surface area contributed by atoms with Gasteiger partial charge in [0, 0.05) is 0 Å². The number of hydrogen-bond acceptors (Lipinski definition) is 3. The van der Waals surface area contributed by atoms with E-state index in [-0.39, 0.29) is 11.6 Å². The van der Waals surface area contributed by atoms with Crippen LogP contribution in [-0.4, -0.2) is 18.2 Å². The van der Waals surface area contributed by atoms with Crippen molar-refractivity contribution in [2.45, 2.75) is 25.5 Å². The van der Waals surface area contributed by atoms with E-state index in [1.165, 1.54) is 0 Å². The summed E-state index contributed by atoms with van der Waals surface area (Å²) in [5.41, 5.74) is 5.58. The summed E-state index contributed by atoms with van der Waals surface area (Å²) in [4.78, 5) is 0. The standard InChI is InChI=1S/C11H15NO2/c1-11(2,12)10-7-13-8-5-3-4-6-9(8)14-10/h3-6,10H,7,12H2,1-2H3. The molecule has 1 aromatic rings. The third-order valence-electron chi connectivity index (χ3n) is 2.34. The molecule has 1 heterocycles. The third-order valence-corrected chi connectivity index (χ3v) is 2.34. The number of para-hydroxylation sites is 2. The molecule has 0 saturated carbocycles. The van der Waals surface area contributed by atoms with E-state index in [1.54, 1.807) is 0 Å². The number of benzene rings is 1. The minimum Gasteiger partial charge on any atom is -0.486 e. The average molecular weight is 193 g/mol. The van der Waals surface area contributed by atoms with Crippen molar-refractivity contribution in [1.82, 2.24) is 0 Å². The van der Waals surface area contributed by atoms with Crippen molar-refractivity contribution >= 4 is 0 Å². The van der Waals surface area contributed by atoms with Crippen LogP contribution >= 0.6 is 0 Å². The Bertz CT molecular complexity index is 330. The first-order valence-corrected chi connectivity index (χ1v) is 4.75. The van der Waals surface area contributed by atoms with E-state index in [1.807, 2.05) is 38.1 Å². The van der Waals surface area contributed by atoms with E-state index in [4.69, 9.17) is 15.2 Å². The Balaban J connectivity index is 2.22. The highest BCUT2D eigenvalue weighted by molar-refractivity contribution is 5.40. The molecule has 1 aromatic carbocycles. The van der Waals surface area contributed by atoms with Gasteiger partial charge >= 0.3 is 0 Å². The van der Waals surface area contributed by atoms with Crippen LogP contribution in [0, 0.1) is 0 Å². The minimum atomic E-state index is -0.381. The van der Waals surface area contributed by atoms with Crippen LogP contribution in [0.3, 0.4) is 0 Å². The first kappa shape index (κ1) is 9.34. The molecule has 0 amide bonds. The lowest BCUT2D eigenvalue weighted by Crippen LogP contribution is -2.52. The summed E-state index contributed by atoms with van der Waals surface area (Å²) in [6.45, 7) is 4.39. The second kappa shape index (κ2) is 3.17. The maximum Gasteiger partial charge on any atom is 0.161 e. The van der Waals surface area contributed by atoms with E-state index in [0.29, 0.717) is 6.61 Å². The summed E-state index contributed by atoms with van der Waals surface area (Å²) in [5, 5.41) is 0. The predicted molar refractivity (Wildman–Crippen MR) is 54.6 cm³/mol. The molecule has 1 unspecified atom stereocenters. The number of fused-ring (bicyclic) bond motifs is 1. The van der Waals surface area contributed by atoms with Crippen LogP contribution in [0.4, 0.5) is 0 Å². The zero-order valence-electron chi connectivity index (χ0n) is 8.49. The number of ether oxygens (including phenoxy) is 2. The molecule has 2 rings (SSSR count). The smallest absolute Gasteiger partial charge is 0.161 e. The van der Waals surface area contributed by atoms with Crippen molar-refractivity contribution in [2.75, 3.05) is 6.61 Å². The molecule has 1 atom stereocenters. The quantitative estimate of drug-likeness (QED) is 0.736. The fourth-order valence-electron chi connectivity index (χ4n) is 1.39. The number of rotatable bonds is 1. The zero-order valence-corrected chi connectivity index (χ0v) is 8.49. The molecular weight excluding hydrogens is 178 g/mol. The molecule has 3 heteroatoms. The SMILES string of the molecule is CC(C)(N)C1COc2ccccc2O1. The van der Waals surface area contributed by atoms with Gasteiger partial charge in [0.1, 0.15) is 6.61 Å². The molecule has 2 N–H and O–H groups in total. The van der Waals surface area contributed by atoms with Gasteiger partial charge in [-0.15, -0.1) is 0 Å². The monoisotopic (exact) mass is 193 g/mol. The van der Waals surface area contributed by atoms with Gasteiger partial charge in [0.05, 0.1) is 5.54 Å². The Morgan fingerprint density at radius 1 is 1.29 bits per heavy atom. The molecule has 76 valence electrons. The highest BCUT2D eigenvalue weighted by atomic mass is 16.6.